The van der Waals surface area contributed by atoms with Crippen LogP contribution < -0.4 is 0 Å². The van der Waals surface area contributed by atoms with Gasteiger partial charge in [0.25, 0.3) is 0 Å². The Bertz CT molecular complexity index is 582. The van der Waals surface area contributed by atoms with Gasteiger partial charge in [-0.3, -0.25) is 10.00 Å². The van der Waals surface area contributed by atoms with Gasteiger partial charge in [-0.25, -0.2) is 9.97 Å². The van der Waals surface area contributed by atoms with Gasteiger partial charge < -0.3 is 4.74 Å². The van der Waals surface area contributed by atoms with E-state index in [4.69, 9.17) is 4.74 Å². The molecule has 6 nitrogen and oxygen atoms in total. The van der Waals surface area contributed by atoms with Gasteiger partial charge in [0.15, 0.2) is 0 Å². The molecule has 1 fully saturated rings. The molecule has 20 heavy (non-hydrogen) atoms. The lowest BCUT2D eigenvalue weighted by atomic mass is 10.1. The normalized spacial score (nSPS) is 20.2. The summed E-state index contributed by atoms with van der Waals surface area (Å²) in [5, 5.41) is 7.22. The maximum Gasteiger partial charge on any atom is 0.125 e. The Balaban J connectivity index is 1.81. The van der Waals surface area contributed by atoms with Gasteiger partial charge in [0, 0.05) is 19.3 Å². The topological polar surface area (TPSA) is 66.9 Å². The van der Waals surface area contributed by atoms with Crippen molar-refractivity contribution in [3.8, 4) is 0 Å². The van der Waals surface area contributed by atoms with Crippen LogP contribution in [-0.2, 0) is 11.3 Å². The number of aromatic amines is 1. The molecule has 1 saturated heterocycles. The summed E-state index contributed by atoms with van der Waals surface area (Å²) in [4.78, 5) is 11.0. The summed E-state index contributed by atoms with van der Waals surface area (Å²) >= 11 is 0. The second kappa shape index (κ2) is 5.68. The zero-order valence-corrected chi connectivity index (χ0v) is 11.8. The monoisotopic (exact) mass is 273 g/mol. The molecule has 2 aromatic heterocycles. The Hall–Kier alpha value is -1.79. The van der Waals surface area contributed by atoms with E-state index in [9.17, 15) is 0 Å². The van der Waals surface area contributed by atoms with Gasteiger partial charge in [-0.05, 0) is 25.5 Å². The Morgan fingerprint density at radius 3 is 3.10 bits per heavy atom. The molecule has 1 atom stereocenters. The first-order chi connectivity index (χ1) is 9.74. The summed E-state index contributed by atoms with van der Waals surface area (Å²) in [6.07, 6.45) is 3.67. The summed E-state index contributed by atoms with van der Waals surface area (Å²) in [6.45, 7) is 7.13. The molecule has 1 unspecified atom stereocenters. The highest BCUT2D eigenvalue weighted by atomic mass is 16.5. The van der Waals surface area contributed by atoms with E-state index in [1.54, 1.807) is 0 Å². The largest absolute Gasteiger partial charge is 0.378 e. The lowest BCUT2D eigenvalue weighted by Crippen LogP contribution is -2.39. The van der Waals surface area contributed by atoms with Crippen molar-refractivity contribution in [1.82, 2.24) is 25.1 Å². The van der Waals surface area contributed by atoms with Gasteiger partial charge in [0.05, 0.1) is 36.8 Å². The molecule has 0 aromatic carbocycles. The first-order valence-electron chi connectivity index (χ1n) is 6.84. The van der Waals surface area contributed by atoms with Gasteiger partial charge in [-0.15, -0.1) is 0 Å². The highest BCUT2D eigenvalue weighted by Gasteiger charge is 2.27. The molecular weight excluding hydrogens is 254 g/mol. The molecule has 1 N–H and O–H groups in total. The van der Waals surface area contributed by atoms with E-state index in [1.807, 2.05) is 25.4 Å². The van der Waals surface area contributed by atoms with Crippen LogP contribution in [0.2, 0.25) is 0 Å². The fraction of sp³-hybridized carbons (Fsp3) is 0.500. The SMILES string of the molecule is Cc1nccc(CN2CCOCC2c2[nH]ncc2C)n1. The second-order valence-corrected chi connectivity index (χ2v) is 5.12. The molecule has 2 aromatic rings. The van der Waals surface area contributed by atoms with E-state index < -0.39 is 0 Å². The van der Waals surface area contributed by atoms with Crippen molar-refractivity contribution in [3.05, 3.63) is 41.2 Å². The minimum absolute atomic E-state index is 0.210. The molecular formula is C14H19N5O. The van der Waals surface area contributed by atoms with Crippen LogP contribution in [-0.4, -0.2) is 44.8 Å². The van der Waals surface area contributed by atoms with E-state index in [-0.39, 0.29) is 6.04 Å². The maximum absolute atomic E-state index is 5.63. The first-order valence-corrected chi connectivity index (χ1v) is 6.84. The van der Waals surface area contributed by atoms with E-state index in [0.29, 0.717) is 6.61 Å². The number of aryl methyl sites for hydroxylation is 2. The molecule has 0 bridgehead atoms. The molecule has 3 rings (SSSR count). The predicted molar refractivity (Wildman–Crippen MR) is 74.1 cm³/mol. The van der Waals surface area contributed by atoms with Gasteiger partial charge in [-0.2, -0.15) is 5.10 Å². The lowest BCUT2D eigenvalue weighted by Gasteiger charge is -2.35. The van der Waals surface area contributed by atoms with Crippen LogP contribution in [0.1, 0.15) is 28.8 Å². The quantitative estimate of drug-likeness (QED) is 0.915. The van der Waals surface area contributed by atoms with Crippen molar-refractivity contribution in [2.75, 3.05) is 19.8 Å². The molecule has 0 saturated carbocycles. The molecule has 0 aliphatic carbocycles. The summed E-state index contributed by atoms with van der Waals surface area (Å²) in [7, 11) is 0. The van der Waals surface area contributed by atoms with Crippen LogP contribution in [0.15, 0.2) is 18.5 Å². The first kappa shape index (κ1) is 13.2. The zero-order chi connectivity index (χ0) is 13.9. The Kier molecular flexibility index (Phi) is 3.75. The highest BCUT2D eigenvalue weighted by Crippen LogP contribution is 2.26. The summed E-state index contributed by atoms with van der Waals surface area (Å²) in [6, 6.07) is 2.18. The second-order valence-electron chi connectivity index (χ2n) is 5.12. The Morgan fingerprint density at radius 2 is 2.35 bits per heavy atom. The number of aromatic nitrogens is 4. The molecule has 1 aliphatic heterocycles. The molecule has 0 radical (unpaired) electrons. The fourth-order valence-electron chi connectivity index (χ4n) is 2.59. The molecule has 1 aliphatic rings. The average Bonchev–Trinajstić information content (AvgIpc) is 2.86. The maximum atomic E-state index is 5.63. The van der Waals surface area contributed by atoms with Crippen LogP contribution in [0.3, 0.4) is 0 Å². The smallest absolute Gasteiger partial charge is 0.125 e. The molecule has 3 heterocycles. The van der Waals surface area contributed by atoms with Crippen LogP contribution in [0, 0.1) is 13.8 Å². The van der Waals surface area contributed by atoms with Gasteiger partial charge >= 0.3 is 0 Å². The predicted octanol–water partition coefficient (Wildman–Crippen LogP) is 1.39. The standard InChI is InChI=1S/C14H19N5O/c1-10-7-16-18-14(10)13-9-20-6-5-19(13)8-12-3-4-15-11(2)17-12/h3-4,7,13H,5-6,8-9H2,1-2H3,(H,16,18). The zero-order valence-electron chi connectivity index (χ0n) is 11.8. The number of rotatable bonds is 3. The third-order valence-corrected chi connectivity index (χ3v) is 3.64. The minimum atomic E-state index is 0.210. The van der Waals surface area contributed by atoms with Gasteiger partial charge in [-0.1, -0.05) is 0 Å². The highest BCUT2D eigenvalue weighted by molar-refractivity contribution is 5.19. The number of hydrogen-bond acceptors (Lipinski definition) is 5. The van der Waals surface area contributed by atoms with E-state index in [0.717, 1.165) is 36.9 Å². The van der Waals surface area contributed by atoms with Crippen molar-refractivity contribution in [2.45, 2.75) is 26.4 Å². The van der Waals surface area contributed by atoms with E-state index >= 15 is 0 Å². The molecule has 0 amide bonds. The summed E-state index contributed by atoms with van der Waals surface area (Å²) in [5.41, 5.74) is 3.35. The number of morpholine rings is 1. The van der Waals surface area contributed by atoms with E-state index in [1.165, 1.54) is 5.56 Å². The third-order valence-electron chi connectivity index (χ3n) is 3.64. The third kappa shape index (κ3) is 2.71. The number of H-pyrrole nitrogens is 1. The number of hydrogen-bond donors (Lipinski definition) is 1. The summed E-state index contributed by atoms with van der Waals surface area (Å²) in [5.74, 6) is 0.810. The summed E-state index contributed by atoms with van der Waals surface area (Å²) < 4.78 is 5.63. The van der Waals surface area contributed by atoms with Gasteiger partial charge in [0.1, 0.15) is 5.82 Å². The average molecular weight is 273 g/mol. The Labute approximate surface area is 118 Å². The van der Waals surface area contributed by atoms with Crippen molar-refractivity contribution < 1.29 is 4.74 Å². The molecule has 6 heteroatoms. The van der Waals surface area contributed by atoms with Crippen molar-refractivity contribution >= 4 is 0 Å². The van der Waals surface area contributed by atoms with Gasteiger partial charge in [0.2, 0.25) is 0 Å². The lowest BCUT2D eigenvalue weighted by molar-refractivity contribution is -0.0150. The number of nitrogens with zero attached hydrogens (tertiary/aromatic N) is 4. The van der Waals surface area contributed by atoms with Crippen LogP contribution >= 0.6 is 0 Å². The molecule has 0 spiro atoms. The molecule has 106 valence electrons. The minimum Gasteiger partial charge on any atom is -0.378 e. The van der Waals surface area contributed by atoms with Crippen molar-refractivity contribution in [2.24, 2.45) is 0 Å². The fourth-order valence-corrected chi connectivity index (χ4v) is 2.59. The van der Waals surface area contributed by atoms with Crippen LogP contribution in [0.5, 0.6) is 0 Å². The van der Waals surface area contributed by atoms with E-state index in [2.05, 4.69) is 32.0 Å². The van der Waals surface area contributed by atoms with Crippen molar-refractivity contribution in [3.63, 3.8) is 0 Å². The number of ether oxygens (including phenoxy) is 1. The van der Waals surface area contributed by atoms with Crippen LogP contribution in [0.25, 0.3) is 0 Å². The number of nitrogens with one attached hydrogen (secondary N) is 1. The Morgan fingerprint density at radius 1 is 1.45 bits per heavy atom. The van der Waals surface area contributed by atoms with Crippen LogP contribution in [0.4, 0.5) is 0 Å². The van der Waals surface area contributed by atoms with Crippen molar-refractivity contribution in [1.29, 1.82) is 0 Å².